The van der Waals surface area contributed by atoms with E-state index in [0.717, 1.165) is 111 Å². The van der Waals surface area contributed by atoms with Gasteiger partial charge in [-0.25, -0.2) is 0 Å². The van der Waals surface area contributed by atoms with E-state index in [1.54, 1.807) is 0 Å². The molecule has 0 aliphatic rings. The second kappa shape index (κ2) is 19.8. The number of hydrogen-bond acceptors (Lipinski definition) is 4. The summed E-state index contributed by atoms with van der Waals surface area (Å²) in [7, 11) is 0. The molecule has 0 radical (unpaired) electrons. The molecule has 93 heavy (non-hydrogen) atoms. The van der Waals surface area contributed by atoms with Crippen LogP contribution in [0.25, 0.3) is 142 Å². The van der Waals surface area contributed by atoms with Crippen LogP contribution in [0.1, 0.15) is 58.2 Å². The Morgan fingerprint density at radius 3 is 1.38 bits per heavy atom. The van der Waals surface area contributed by atoms with Crippen molar-refractivity contribution in [2.24, 2.45) is 0 Å². The Morgan fingerprint density at radius 1 is 0.398 bits per heavy atom. The number of anilines is 5. The highest BCUT2D eigenvalue weighted by atomic mass is 16.3. The summed E-state index contributed by atoms with van der Waals surface area (Å²) < 4.78 is 19.5. The number of hydrogen-bond donors (Lipinski definition) is 0. The third kappa shape index (κ3) is 7.70. The summed E-state index contributed by atoms with van der Waals surface area (Å²) >= 11 is 0. The Bertz CT molecular complexity index is 6180. The van der Waals surface area contributed by atoms with Crippen molar-refractivity contribution in [3.63, 3.8) is 0 Å². The molecule has 0 aliphatic carbocycles. The lowest BCUT2D eigenvalue weighted by molar-refractivity contribution is 0.572. The fourth-order valence-corrected chi connectivity index (χ4v) is 15.9. The smallest absolute Gasteiger partial charge is 0.159 e. The van der Waals surface area contributed by atoms with Crippen LogP contribution in [0.4, 0.5) is 28.4 Å². The molecule has 6 heterocycles. The third-order valence-electron chi connectivity index (χ3n) is 19.8. The topological polar surface area (TPSA) is 41.6 Å². The van der Waals surface area contributed by atoms with E-state index in [-0.39, 0.29) is 10.8 Å². The van der Waals surface area contributed by atoms with Crippen LogP contribution in [0.15, 0.2) is 276 Å². The summed E-state index contributed by atoms with van der Waals surface area (Å²) in [4.78, 5) is 4.70. The van der Waals surface area contributed by atoms with Crippen molar-refractivity contribution in [3.05, 3.63) is 284 Å². The van der Waals surface area contributed by atoms with Gasteiger partial charge in [0.2, 0.25) is 0 Å². The lowest BCUT2D eigenvalue weighted by Crippen LogP contribution is -2.15. The molecule has 0 saturated carbocycles. The molecule has 0 amide bonds. The zero-order valence-electron chi connectivity index (χ0n) is 53.2. The molecule has 0 bridgehead atoms. The molecule has 0 atom stereocenters. The maximum absolute atomic E-state index is 7.20. The minimum Gasteiger partial charge on any atom is -0.454 e. The molecule has 0 N–H and O–H groups in total. The Balaban J connectivity index is 0.920. The molecule has 446 valence electrons. The van der Waals surface area contributed by atoms with E-state index < -0.39 is 0 Å². The van der Waals surface area contributed by atoms with Gasteiger partial charge in [0.15, 0.2) is 11.2 Å². The summed E-state index contributed by atoms with van der Waals surface area (Å²) in [5.41, 5.74) is 24.5. The summed E-state index contributed by atoms with van der Waals surface area (Å²) in [6.45, 7) is 24.3. The third-order valence-corrected chi connectivity index (χ3v) is 19.8. The van der Waals surface area contributed by atoms with Crippen molar-refractivity contribution in [1.29, 1.82) is 0 Å². The molecule has 6 nitrogen and oxygen atoms in total. The molecule has 12 aromatic carbocycles. The van der Waals surface area contributed by atoms with Crippen LogP contribution < -0.4 is 9.80 Å². The van der Waals surface area contributed by atoms with E-state index in [1.807, 2.05) is 18.2 Å². The van der Waals surface area contributed by atoms with Gasteiger partial charge in [0.25, 0.3) is 0 Å². The first-order valence-corrected chi connectivity index (χ1v) is 32.3. The van der Waals surface area contributed by atoms with Gasteiger partial charge < -0.3 is 27.4 Å². The molecule has 0 aliphatic heterocycles. The second-order valence-electron chi connectivity index (χ2n) is 27.3. The van der Waals surface area contributed by atoms with Gasteiger partial charge in [-0.1, -0.05) is 237 Å². The molecule has 6 heteroatoms. The lowest BCUT2D eigenvalue weighted by atomic mass is 9.86. The van der Waals surface area contributed by atoms with Crippen LogP contribution in [-0.2, 0) is 10.8 Å². The van der Waals surface area contributed by atoms with E-state index in [9.17, 15) is 0 Å². The Labute approximate surface area is 538 Å². The number of rotatable bonds is 10. The molecular weight excluding hydrogens is 1130 g/mol. The zero-order valence-corrected chi connectivity index (χ0v) is 53.2. The molecule has 18 aromatic rings. The van der Waals surface area contributed by atoms with Crippen molar-refractivity contribution >= 4 is 149 Å². The van der Waals surface area contributed by atoms with Gasteiger partial charge in [-0.3, -0.25) is 0 Å². The first-order valence-electron chi connectivity index (χ1n) is 32.3. The number of aryl methyl sites for hydroxylation is 1. The summed E-state index contributed by atoms with van der Waals surface area (Å²) in [5, 5.41) is 14.0. The largest absolute Gasteiger partial charge is 0.454 e. The average Bonchev–Trinajstić information content (AvgIpc) is 1.49. The van der Waals surface area contributed by atoms with Crippen molar-refractivity contribution < 1.29 is 8.83 Å². The monoisotopic (exact) mass is 1200 g/mol. The van der Waals surface area contributed by atoms with E-state index in [4.69, 9.17) is 8.83 Å². The van der Waals surface area contributed by atoms with Crippen molar-refractivity contribution in [3.8, 4) is 22.3 Å². The highest BCUT2D eigenvalue weighted by Gasteiger charge is 2.33. The van der Waals surface area contributed by atoms with Crippen molar-refractivity contribution in [2.45, 2.75) is 59.3 Å². The van der Waals surface area contributed by atoms with Crippen LogP contribution in [0.5, 0.6) is 0 Å². The van der Waals surface area contributed by atoms with Crippen LogP contribution in [0.2, 0.25) is 0 Å². The first kappa shape index (κ1) is 54.6. The predicted molar refractivity (Wildman–Crippen MR) is 395 cm³/mol. The first-order chi connectivity index (χ1) is 45.3. The highest BCUT2D eigenvalue weighted by Crippen LogP contribution is 2.56. The summed E-state index contributed by atoms with van der Waals surface area (Å²) in [6, 6.07) is 85.1. The second-order valence-corrected chi connectivity index (χ2v) is 27.3. The Morgan fingerprint density at radius 2 is 0.849 bits per heavy atom. The van der Waals surface area contributed by atoms with E-state index in [1.165, 1.54) is 82.0 Å². The molecule has 0 saturated heterocycles. The van der Waals surface area contributed by atoms with Gasteiger partial charge in [-0.05, 0) is 101 Å². The summed E-state index contributed by atoms with van der Waals surface area (Å²) in [6.07, 6.45) is 5.78. The fourth-order valence-electron chi connectivity index (χ4n) is 15.9. The maximum atomic E-state index is 7.20. The van der Waals surface area contributed by atoms with E-state index >= 15 is 0 Å². The lowest BCUT2D eigenvalue weighted by Gasteiger charge is -2.27. The minimum absolute atomic E-state index is 0.113. The van der Waals surface area contributed by atoms with Gasteiger partial charge >= 0.3 is 0 Å². The van der Waals surface area contributed by atoms with Crippen LogP contribution in [-0.4, -0.2) is 8.80 Å². The zero-order chi connectivity index (χ0) is 62.9. The average molecular weight is 1200 g/mol. The van der Waals surface area contributed by atoms with Crippen LogP contribution in [0, 0.1) is 6.92 Å². The number of para-hydroxylation sites is 6. The summed E-state index contributed by atoms with van der Waals surface area (Å²) in [5.74, 6) is 0. The minimum atomic E-state index is -0.123. The Hall–Kier alpha value is -11.3. The normalized spacial score (nSPS) is 12.8. The van der Waals surface area contributed by atoms with Gasteiger partial charge in [0, 0.05) is 110 Å². The SMILES string of the molecule is C=C/C=C(\C=C)N(c1ccc2c(c1)c1cccc3c4c(-c5ccccc5)c5c(c(-c6ccccc6)c4n2c13)c1cccc2c3cc(N(c4ccccc4)c4c(C)ccc6c4oc4c(C(C)(C)C)cccc46)ccc3n5c21)c1cccc2c1oc1c(C(C)(C)C)cccc12. The molecule has 18 rings (SSSR count). The highest BCUT2D eigenvalue weighted by molar-refractivity contribution is 6.38. The number of benzene rings is 12. The van der Waals surface area contributed by atoms with Gasteiger partial charge in [-0.15, -0.1) is 0 Å². The van der Waals surface area contributed by atoms with Crippen LogP contribution >= 0.6 is 0 Å². The van der Waals surface area contributed by atoms with E-state index in [2.05, 4.69) is 311 Å². The van der Waals surface area contributed by atoms with Crippen molar-refractivity contribution in [2.75, 3.05) is 9.80 Å². The maximum Gasteiger partial charge on any atom is 0.159 e. The van der Waals surface area contributed by atoms with Gasteiger partial charge in [0.1, 0.15) is 11.2 Å². The number of fused-ring (bicyclic) bond motifs is 18. The molecule has 0 spiro atoms. The fraction of sp³-hybridized carbons (Fsp3) is 0.103. The molecule has 0 unspecified atom stereocenters. The van der Waals surface area contributed by atoms with Crippen molar-refractivity contribution in [1.82, 2.24) is 8.80 Å². The predicted octanol–water partition coefficient (Wildman–Crippen LogP) is 24.9. The molecular formula is C87H66N4O2. The molecule has 0 fully saturated rings. The van der Waals surface area contributed by atoms with Gasteiger partial charge in [-0.2, -0.15) is 0 Å². The number of nitrogens with zero attached hydrogens (tertiary/aromatic N) is 4. The van der Waals surface area contributed by atoms with E-state index in [0.29, 0.717) is 0 Å². The number of allylic oxidation sites excluding steroid dienone is 3. The standard InChI is InChI=1S/C87H66N4O2/c1-10-26-54(11-2)88(72-42-25-37-62-60-35-23-40-68(86(4,5)6)82(60)92-84(62)72)56-44-47-70-66(49-56)58-33-21-38-64-75-74(53-29-17-13-18-30-53)81-76(73(52-27-15-12-16-28-52)80(75)90(70)78(58)64)65-39-22-34-59-67-50-57(45-48-71(67)91(81)79(59)65)89(55-31-19-14-20-32-55)77-51(3)43-46-63-61-36-24-41-69(87(7,8)9)83(61)93-85(63)77/h10-50H,1-2H2,3-9H3/b54-26+. The number of furan rings is 2. The molecule has 6 aromatic heterocycles. The van der Waals surface area contributed by atoms with Gasteiger partial charge in [0.05, 0.1) is 44.5 Å². The number of aromatic nitrogens is 2. The quantitative estimate of drug-likeness (QED) is 0.128. The Kier molecular flexibility index (Phi) is 11.6. The van der Waals surface area contributed by atoms with Crippen LogP contribution in [0.3, 0.4) is 0 Å².